The largest absolute Gasteiger partial charge is 0.491 e. The number of aliphatic hydroxyl groups is 1. The summed E-state index contributed by atoms with van der Waals surface area (Å²) in [5, 5.41) is 14.2. The van der Waals surface area contributed by atoms with E-state index in [4.69, 9.17) is 14.2 Å². The summed E-state index contributed by atoms with van der Waals surface area (Å²) in [4.78, 5) is 27.6. The van der Waals surface area contributed by atoms with Gasteiger partial charge in [-0.15, -0.1) is 0 Å². The minimum absolute atomic E-state index is 0.00657. The van der Waals surface area contributed by atoms with E-state index in [1.807, 2.05) is 13.8 Å². The molecule has 2 N–H and O–H groups in total. The number of Topliss-reactive ketones (excluding diaryl/α,β-unsaturated/α-hetero) is 1. The Morgan fingerprint density at radius 3 is 2.47 bits per heavy atom. The number of benzene rings is 2. The summed E-state index contributed by atoms with van der Waals surface area (Å²) >= 11 is 0. The molecule has 2 aromatic rings. The first-order valence-corrected chi connectivity index (χ1v) is 12.8. The fraction of sp³-hybridized carbons (Fsp3) is 0.500. The highest BCUT2D eigenvalue weighted by atomic mass is 16.7. The van der Waals surface area contributed by atoms with Crippen molar-refractivity contribution in [3.63, 3.8) is 0 Å². The van der Waals surface area contributed by atoms with Crippen LogP contribution in [-0.2, 0) is 4.79 Å². The quantitative estimate of drug-likeness (QED) is 0.431. The number of fused-ring (bicyclic) bond motifs is 1. The van der Waals surface area contributed by atoms with Crippen LogP contribution < -0.4 is 19.5 Å². The SMILES string of the molecule is CC(C)Oc1ccc(C(=O)CCCC(=O)N[C@H](CN2CCCC2)[C@H](O)c2ccc3c(c2)OCO3)cc1. The lowest BCUT2D eigenvalue weighted by Crippen LogP contribution is -2.46. The number of carbonyl (C=O) groups excluding carboxylic acids is 2. The lowest BCUT2D eigenvalue weighted by molar-refractivity contribution is -0.123. The molecule has 194 valence electrons. The summed E-state index contributed by atoms with van der Waals surface area (Å²) < 4.78 is 16.4. The van der Waals surface area contributed by atoms with Gasteiger partial charge in [0.2, 0.25) is 12.7 Å². The van der Waals surface area contributed by atoms with Gasteiger partial charge in [-0.1, -0.05) is 6.07 Å². The highest BCUT2D eigenvalue weighted by Gasteiger charge is 2.28. The van der Waals surface area contributed by atoms with Gasteiger partial charge in [0.05, 0.1) is 12.1 Å². The molecule has 2 atom stereocenters. The number of likely N-dealkylation sites (tertiary alicyclic amines) is 1. The number of nitrogens with zero attached hydrogens (tertiary/aromatic N) is 1. The van der Waals surface area contributed by atoms with E-state index in [2.05, 4.69) is 10.2 Å². The van der Waals surface area contributed by atoms with E-state index in [9.17, 15) is 14.7 Å². The normalized spacial score (nSPS) is 16.7. The number of hydrogen-bond donors (Lipinski definition) is 2. The van der Waals surface area contributed by atoms with E-state index in [-0.39, 0.29) is 37.4 Å². The summed E-state index contributed by atoms with van der Waals surface area (Å²) in [5.41, 5.74) is 1.28. The zero-order valence-electron chi connectivity index (χ0n) is 21.1. The lowest BCUT2D eigenvalue weighted by atomic mass is 10.0. The van der Waals surface area contributed by atoms with Crippen molar-refractivity contribution >= 4 is 11.7 Å². The number of nitrogens with one attached hydrogen (secondary N) is 1. The van der Waals surface area contributed by atoms with Gasteiger partial charge in [-0.05, 0) is 88.2 Å². The van der Waals surface area contributed by atoms with E-state index < -0.39 is 12.1 Å². The minimum atomic E-state index is -0.891. The first-order valence-electron chi connectivity index (χ1n) is 12.8. The van der Waals surface area contributed by atoms with Crippen molar-refractivity contribution in [2.75, 3.05) is 26.4 Å². The second kappa shape index (κ2) is 12.2. The van der Waals surface area contributed by atoms with Crippen LogP contribution >= 0.6 is 0 Å². The molecule has 1 fully saturated rings. The van der Waals surface area contributed by atoms with Crippen LogP contribution in [0, 0.1) is 0 Å². The molecule has 0 unspecified atom stereocenters. The van der Waals surface area contributed by atoms with Crippen LogP contribution in [0.15, 0.2) is 42.5 Å². The molecule has 0 aliphatic carbocycles. The Labute approximate surface area is 212 Å². The van der Waals surface area contributed by atoms with Gasteiger partial charge in [0.1, 0.15) is 11.9 Å². The third-order valence-electron chi connectivity index (χ3n) is 6.47. The van der Waals surface area contributed by atoms with Crippen molar-refractivity contribution in [3.8, 4) is 17.2 Å². The summed E-state index contributed by atoms with van der Waals surface area (Å²) in [5.74, 6) is 1.80. The van der Waals surface area contributed by atoms with Crippen LogP contribution in [0.1, 0.15) is 68.0 Å². The number of aliphatic hydroxyl groups excluding tert-OH is 1. The molecule has 2 aliphatic heterocycles. The molecule has 2 aromatic carbocycles. The Kier molecular flexibility index (Phi) is 8.83. The first kappa shape index (κ1) is 26.0. The summed E-state index contributed by atoms with van der Waals surface area (Å²) in [6.07, 6.45) is 2.34. The van der Waals surface area contributed by atoms with Gasteiger partial charge in [-0.25, -0.2) is 0 Å². The fourth-order valence-corrected chi connectivity index (χ4v) is 4.62. The maximum Gasteiger partial charge on any atom is 0.231 e. The average molecular weight is 497 g/mol. The average Bonchev–Trinajstić information content (AvgIpc) is 3.54. The molecule has 1 saturated heterocycles. The zero-order chi connectivity index (χ0) is 25.5. The Morgan fingerprint density at radius 1 is 1.03 bits per heavy atom. The number of carbonyl (C=O) groups is 2. The number of hydrogen-bond acceptors (Lipinski definition) is 7. The van der Waals surface area contributed by atoms with Gasteiger partial charge in [0.15, 0.2) is 17.3 Å². The summed E-state index contributed by atoms with van der Waals surface area (Å²) in [6, 6.07) is 12.0. The molecule has 36 heavy (non-hydrogen) atoms. The smallest absolute Gasteiger partial charge is 0.231 e. The molecule has 0 bridgehead atoms. The van der Waals surface area contributed by atoms with Crippen LogP contribution in [0.25, 0.3) is 0 Å². The van der Waals surface area contributed by atoms with Crippen molar-refractivity contribution in [2.24, 2.45) is 0 Å². The third-order valence-corrected chi connectivity index (χ3v) is 6.47. The molecule has 0 saturated carbocycles. The third kappa shape index (κ3) is 6.98. The fourth-order valence-electron chi connectivity index (χ4n) is 4.62. The molecule has 2 heterocycles. The van der Waals surface area contributed by atoms with E-state index in [0.717, 1.165) is 31.7 Å². The number of amides is 1. The molecule has 2 aliphatic rings. The van der Waals surface area contributed by atoms with E-state index in [1.165, 1.54) is 0 Å². The minimum Gasteiger partial charge on any atom is -0.491 e. The second-order valence-corrected chi connectivity index (χ2v) is 9.71. The molecule has 0 spiro atoms. The van der Waals surface area contributed by atoms with Gasteiger partial charge in [0, 0.05) is 24.9 Å². The standard InChI is InChI=1S/C28H36N2O6/c1-19(2)36-22-11-8-20(9-12-22)24(31)6-5-7-27(32)29-23(17-30-14-3-4-15-30)28(33)21-10-13-25-26(16-21)35-18-34-25/h8-13,16,19,23,28,33H,3-7,14-15,17-18H2,1-2H3,(H,29,32)/t23-,28-/m1/s1. The Balaban J connectivity index is 1.31. The molecule has 0 aromatic heterocycles. The highest BCUT2D eigenvalue weighted by molar-refractivity contribution is 5.96. The maximum absolute atomic E-state index is 12.8. The van der Waals surface area contributed by atoms with E-state index in [0.29, 0.717) is 35.6 Å². The number of rotatable bonds is 12. The van der Waals surface area contributed by atoms with Crippen molar-refractivity contribution in [2.45, 2.75) is 64.2 Å². The van der Waals surface area contributed by atoms with Crippen LogP contribution in [0.2, 0.25) is 0 Å². The second-order valence-electron chi connectivity index (χ2n) is 9.71. The highest BCUT2D eigenvalue weighted by Crippen LogP contribution is 2.35. The van der Waals surface area contributed by atoms with Crippen LogP contribution in [-0.4, -0.2) is 60.3 Å². The molecule has 8 nitrogen and oxygen atoms in total. The predicted molar refractivity (Wildman–Crippen MR) is 136 cm³/mol. The van der Waals surface area contributed by atoms with Crippen LogP contribution in [0.5, 0.6) is 17.2 Å². The van der Waals surface area contributed by atoms with E-state index in [1.54, 1.807) is 42.5 Å². The van der Waals surface area contributed by atoms with Crippen molar-refractivity contribution < 1.29 is 28.9 Å². The van der Waals surface area contributed by atoms with Crippen molar-refractivity contribution in [3.05, 3.63) is 53.6 Å². The Bertz CT molecular complexity index is 1030. The van der Waals surface area contributed by atoms with Gasteiger partial charge in [0.25, 0.3) is 0 Å². The van der Waals surface area contributed by atoms with Gasteiger partial charge >= 0.3 is 0 Å². The molecule has 4 rings (SSSR count). The molecule has 0 radical (unpaired) electrons. The van der Waals surface area contributed by atoms with Crippen molar-refractivity contribution in [1.29, 1.82) is 0 Å². The monoisotopic (exact) mass is 496 g/mol. The predicted octanol–water partition coefficient (Wildman–Crippen LogP) is 3.87. The van der Waals surface area contributed by atoms with Gasteiger partial charge in [-0.2, -0.15) is 0 Å². The molecule has 8 heteroatoms. The molecule has 1 amide bonds. The lowest BCUT2D eigenvalue weighted by Gasteiger charge is -2.29. The number of ketones is 1. The van der Waals surface area contributed by atoms with Gasteiger partial charge < -0.3 is 29.5 Å². The van der Waals surface area contributed by atoms with Crippen LogP contribution in [0.3, 0.4) is 0 Å². The Morgan fingerprint density at radius 2 is 1.75 bits per heavy atom. The maximum atomic E-state index is 12.8. The van der Waals surface area contributed by atoms with Gasteiger partial charge in [-0.3, -0.25) is 9.59 Å². The number of ether oxygens (including phenoxy) is 3. The molecular formula is C28H36N2O6. The summed E-state index contributed by atoms with van der Waals surface area (Å²) in [7, 11) is 0. The zero-order valence-corrected chi connectivity index (χ0v) is 21.1. The topological polar surface area (TPSA) is 97.3 Å². The Hall–Kier alpha value is -3.10. The van der Waals surface area contributed by atoms with Crippen LogP contribution in [0.4, 0.5) is 0 Å². The van der Waals surface area contributed by atoms with E-state index >= 15 is 0 Å². The van der Waals surface area contributed by atoms with Crippen molar-refractivity contribution in [1.82, 2.24) is 10.2 Å². The molecular weight excluding hydrogens is 460 g/mol. The first-order chi connectivity index (χ1) is 17.4. The summed E-state index contributed by atoms with van der Waals surface area (Å²) in [6.45, 7) is 6.54.